The molecule has 2 heterocycles. The Hall–Kier alpha value is -3.92. The van der Waals surface area contributed by atoms with E-state index in [0.717, 1.165) is 68.2 Å². The monoisotopic (exact) mass is 697 g/mol. The molecule has 5 fully saturated rings. The summed E-state index contributed by atoms with van der Waals surface area (Å²) in [6.07, 6.45) is 18.5. The number of carbonyl (C=O) groups is 2. The number of nitrogens with one attached hydrogen (secondary N) is 1. The summed E-state index contributed by atoms with van der Waals surface area (Å²) >= 11 is 0. The van der Waals surface area contributed by atoms with Crippen molar-refractivity contribution in [2.24, 2.45) is 11.3 Å². The first-order chi connectivity index (χ1) is 24.6. The number of methoxy groups -OCH3 is 1. The fourth-order valence-electron chi connectivity index (χ4n) is 9.29. The maximum Gasteiger partial charge on any atom is 0.407 e. The van der Waals surface area contributed by atoms with Crippen molar-refractivity contribution < 1.29 is 24.2 Å². The number of aromatic nitrogens is 3. The van der Waals surface area contributed by atoms with Gasteiger partial charge in [0, 0.05) is 43.6 Å². The van der Waals surface area contributed by atoms with Crippen LogP contribution < -0.4 is 15.0 Å². The molecule has 2 N–H and O–H groups in total. The van der Waals surface area contributed by atoms with Crippen LogP contribution in [0.1, 0.15) is 108 Å². The lowest BCUT2D eigenvalue weighted by Gasteiger charge is -2.55. The fourth-order valence-corrected chi connectivity index (χ4v) is 9.29. The van der Waals surface area contributed by atoms with E-state index in [0.29, 0.717) is 51.0 Å². The molecule has 0 unspecified atom stereocenters. The standard InChI is InChI=1S/C41H55N5O5/c1-29-24-33(8-11-35(29)50-3)41-18-15-40(16-19-41,17-20-41)28-45(37(48)30-6-9-34(10-7-30)51-38(49)43-21-5-23-47)36-25-31(12-22-42-36)32-26-44-46(27-32)39(2)13-4-14-39/h8,11-12,22,24-27,30,34,47H,4-7,9-10,13-21,23,28H2,1-3H3,(H,43,49). The Morgan fingerprint density at radius 1 is 1.00 bits per heavy atom. The highest BCUT2D eigenvalue weighted by molar-refractivity contribution is 5.95. The molecule has 1 aromatic carbocycles. The first kappa shape index (κ1) is 35.5. The first-order valence-corrected chi connectivity index (χ1v) is 19.2. The van der Waals surface area contributed by atoms with E-state index in [9.17, 15) is 9.59 Å². The number of alkyl carbamates (subject to hydrolysis) is 1. The molecule has 5 aliphatic carbocycles. The third kappa shape index (κ3) is 7.26. The van der Waals surface area contributed by atoms with Gasteiger partial charge in [0.1, 0.15) is 17.7 Å². The maximum absolute atomic E-state index is 14.7. The number of rotatable bonds is 12. The Balaban J connectivity index is 1.10. The van der Waals surface area contributed by atoms with E-state index in [1.807, 2.05) is 23.4 Å². The van der Waals surface area contributed by atoms with Crippen LogP contribution in [0.2, 0.25) is 0 Å². The minimum absolute atomic E-state index is 0.0232. The molecule has 0 aliphatic heterocycles. The van der Waals surface area contributed by atoms with E-state index >= 15 is 0 Å². The van der Waals surface area contributed by atoms with Crippen molar-refractivity contribution in [1.82, 2.24) is 20.1 Å². The second kappa shape index (κ2) is 14.6. The molecule has 5 saturated carbocycles. The van der Waals surface area contributed by atoms with Gasteiger partial charge in [0.2, 0.25) is 5.91 Å². The van der Waals surface area contributed by atoms with Gasteiger partial charge in [0.25, 0.3) is 0 Å². The van der Waals surface area contributed by atoms with Crippen molar-refractivity contribution in [1.29, 1.82) is 0 Å². The molecule has 10 heteroatoms. The predicted octanol–water partition coefficient (Wildman–Crippen LogP) is 7.45. The van der Waals surface area contributed by atoms with Crippen LogP contribution in [-0.4, -0.2) is 64.8 Å². The number of fused-ring (bicyclic) bond motifs is 3. The van der Waals surface area contributed by atoms with Gasteiger partial charge in [-0.2, -0.15) is 5.10 Å². The van der Waals surface area contributed by atoms with Gasteiger partial charge in [-0.25, -0.2) is 9.78 Å². The molecule has 8 rings (SSSR count). The average molecular weight is 698 g/mol. The Bertz CT molecular complexity index is 1680. The molecule has 0 radical (unpaired) electrons. The average Bonchev–Trinajstić information content (AvgIpc) is 3.65. The number of aryl methyl sites for hydroxylation is 1. The molecular weight excluding hydrogens is 642 g/mol. The Morgan fingerprint density at radius 2 is 1.75 bits per heavy atom. The number of hydrogen-bond acceptors (Lipinski definition) is 7. The van der Waals surface area contributed by atoms with Gasteiger partial charge in [-0.15, -0.1) is 0 Å². The van der Waals surface area contributed by atoms with Gasteiger partial charge in [0.05, 0.1) is 18.8 Å². The van der Waals surface area contributed by atoms with Crippen LogP contribution in [0.5, 0.6) is 5.75 Å². The van der Waals surface area contributed by atoms with Crippen LogP contribution >= 0.6 is 0 Å². The van der Waals surface area contributed by atoms with Crippen LogP contribution in [0.25, 0.3) is 11.1 Å². The van der Waals surface area contributed by atoms with Gasteiger partial charge in [-0.05, 0) is 149 Å². The van der Waals surface area contributed by atoms with E-state index in [1.165, 1.54) is 17.5 Å². The molecule has 2 bridgehead atoms. The third-order valence-electron chi connectivity index (χ3n) is 13.0. The molecule has 10 nitrogen and oxygen atoms in total. The van der Waals surface area contributed by atoms with Crippen LogP contribution in [0.3, 0.4) is 0 Å². The summed E-state index contributed by atoms with van der Waals surface area (Å²) < 4.78 is 13.3. The van der Waals surface area contributed by atoms with Crippen LogP contribution in [0.15, 0.2) is 48.9 Å². The number of hydrogen-bond donors (Lipinski definition) is 2. The van der Waals surface area contributed by atoms with Crippen molar-refractivity contribution in [2.75, 3.05) is 31.7 Å². The van der Waals surface area contributed by atoms with E-state index in [-0.39, 0.29) is 40.9 Å². The van der Waals surface area contributed by atoms with Crippen LogP contribution in [0.4, 0.5) is 10.6 Å². The summed E-state index contributed by atoms with van der Waals surface area (Å²) in [6, 6.07) is 10.8. The molecule has 3 aromatic rings. The summed E-state index contributed by atoms with van der Waals surface area (Å²) in [4.78, 5) is 33.8. The number of carbonyl (C=O) groups excluding carboxylic acids is 2. The van der Waals surface area contributed by atoms with Crippen LogP contribution in [0, 0.1) is 18.3 Å². The summed E-state index contributed by atoms with van der Waals surface area (Å²) in [5.41, 5.74) is 4.99. The zero-order valence-corrected chi connectivity index (χ0v) is 30.7. The maximum atomic E-state index is 14.7. The molecular formula is C41H55N5O5. The Labute approximate surface area is 302 Å². The summed E-state index contributed by atoms with van der Waals surface area (Å²) in [5, 5.41) is 16.5. The summed E-state index contributed by atoms with van der Waals surface area (Å²) in [6.45, 7) is 5.47. The number of nitrogens with zero attached hydrogens (tertiary/aromatic N) is 4. The number of anilines is 1. The lowest BCUT2D eigenvalue weighted by atomic mass is 9.51. The summed E-state index contributed by atoms with van der Waals surface area (Å²) in [5.74, 6) is 1.63. The van der Waals surface area contributed by atoms with Crippen molar-refractivity contribution in [3.05, 3.63) is 60.0 Å². The number of ether oxygens (including phenoxy) is 2. The molecule has 0 saturated heterocycles. The zero-order chi connectivity index (χ0) is 35.6. The minimum atomic E-state index is -0.454. The minimum Gasteiger partial charge on any atom is -0.496 e. The molecule has 2 aromatic heterocycles. The van der Waals surface area contributed by atoms with Gasteiger partial charge < -0.3 is 19.9 Å². The highest BCUT2D eigenvalue weighted by atomic mass is 16.6. The van der Waals surface area contributed by atoms with E-state index in [2.05, 4.69) is 54.3 Å². The normalized spacial score (nSPS) is 26.6. The second-order valence-corrected chi connectivity index (χ2v) is 16.2. The number of pyridine rings is 1. The largest absolute Gasteiger partial charge is 0.496 e. The van der Waals surface area contributed by atoms with Gasteiger partial charge in [-0.3, -0.25) is 14.4 Å². The number of benzene rings is 1. The molecule has 0 atom stereocenters. The highest BCUT2D eigenvalue weighted by Gasteiger charge is 2.51. The molecule has 0 spiro atoms. The van der Waals surface area contributed by atoms with Gasteiger partial charge in [0.15, 0.2) is 0 Å². The van der Waals surface area contributed by atoms with E-state index in [1.54, 1.807) is 7.11 Å². The second-order valence-electron chi connectivity index (χ2n) is 16.2. The highest BCUT2D eigenvalue weighted by Crippen LogP contribution is 2.58. The fraction of sp³-hybridized carbons (Fsp3) is 0.610. The van der Waals surface area contributed by atoms with Crippen molar-refractivity contribution >= 4 is 17.8 Å². The van der Waals surface area contributed by atoms with Gasteiger partial charge >= 0.3 is 6.09 Å². The van der Waals surface area contributed by atoms with E-state index in [4.69, 9.17) is 24.7 Å². The van der Waals surface area contributed by atoms with Crippen LogP contribution in [-0.2, 0) is 20.5 Å². The third-order valence-corrected chi connectivity index (χ3v) is 13.0. The quantitative estimate of drug-likeness (QED) is 0.189. The zero-order valence-electron chi connectivity index (χ0n) is 30.7. The number of amides is 2. The molecule has 2 amide bonds. The smallest absolute Gasteiger partial charge is 0.407 e. The van der Waals surface area contributed by atoms with Crippen molar-refractivity contribution in [2.45, 2.75) is 121 Å². The van der Waals surface area contributed by atoms with E-state index < -0.39 is 6.09 Å². The molecule has 51 heavy (non-hydrogen) atoms. The molecule has 5 aliphatic rings. The predicted molar refractivity (Wildman–Crippen MR) is 197 cm³/mol. The van der Waals surface area contributed by atoms with Crippen molar-refractivity contribution in [3.8, 4) is 16.9 Å². The number of aliphatic hydroxyl groups is 1. The van der Waals surface area contributed by atoms with Gasteiger partial charge in [-0.1, -0.05) is 12.1 Å². The lowest BCUT2D eigenvalue weighted by Crippen LogP contribution is -2.52. The SMILES string of the molecule is COc1ccc(C23CCC(CN(C(=O)C4CCC(OC(=O)NCCCO)CC4)c4cc(-c5cnn(C6(C)CCC6)c5)ccn4)(CC2)CC3)cc1C. The summed E-state index contributed by atoms with van der Waals surface area (Å²) in [7, 11) is 1.73. The number of aliphatic hydroxyl groups excluding tert-OH is 1. The van der Waals surface area contributed by atoms with Crippen molar-refractivity contribution in [3.63, 3.8) is 0 Å². The Kier molecular flexibility index (Phi) is 10.2. The topological polar surface area (TPSA) is 119 Å². The molecule has 274 valence electrons. The lowest BCUT2D eigenvalue weighted by molar-refractivity contribution is -0.124. The Morgan fingerprint density at radius 3 is 2.39 bits per heavy atom. The first-order valence-electron chi connectivity index (χ1n) is 19.2.